The van der Waals surface area contributed by atoms with Gasteiger partial charge in [-0.25, -0.2) is 9.07 Å². The molecule has 5 heteroatoms. The maximum atomic E-state index is 14.2. The van der Waals surface area contributed by atoms with Crippen molar-refractivity contribution in [1.29, 1.82) is 0 Å². The molecule has 0 radical (unpaired) electrons. The van der Waals surface area contributed by atoms with Gasteiger partial charge in [0.25, 0.3) is 0 Å². The fourth-order valence-electron chi connectivity index (χ4n) is 2.10. The molecule has 0 spiro atoms. The van der Waals surface area contributed by atoms with Crippen LogP contribution in [0.2, 0.25) is 0 Å². The lowest BCUT2D eigenvalue weighted by atomic mass is 9.97. The highest BCUT2D eigenvalue weighted by Gasteiger charge is 2.26. The van der Waals surface area contributed by atoms with E-state index in [0.717, 1.165) is 11.1 Å². The zero-order valence-corrected chi connectivity index (χ0v) is 9.11. The third-order valence-electron chi connectivity index (χ3n) is 2.98. The van der Waals surface area contributed by atoms with E-state index in [1.807, 2.05) is 26.0 Å². The summed E-state index contributed by atoms with van der Waals surface area (Å²) in [4.78, 5) is 0. The molecule has 0 fully saturated rings. The highest BCUT2D eigenvalue weighted by atomic mass is 19.1. The number of rotatable bonds is 1. The standard InChI is InChI=1S/C11H11FN4/c1-6(2)7-3-4-8-9(10(7)12)5-16-11(8)13-14-15-16/h3-4,6H,5H2,1-2H3. The lowest BCUT2D eigenvalue weighted by Crippen LogP contribution is -2.01. The van der Waals surface area contributed by atoms with Crippen LogP contribution >= 0.6 is 0 Å². The predicted octanol–water partition coefficient (Wildman–Crippen LogP) is 1.96. The van der Waals surface area contributed by atoms with Gasteiger partial charge in [0.1, 0.15) is 5.82 Å². The zero-order chi connectivity index (χ0) is 11.3. The van der Waals surface area contributed by atoms with Crippen molar-refractivity contribution >= 4 is 0 Å². The van der Waals surface area contributed by atoms with Gasteiger partial charge in [0, 0.05) is 11.1 Å². The molecule has 2 aromatic rings. The summed E-state index contributed by atoms with van der Waals surface area (Å²) in [6, 6.07) is 3.73. The lowest BCUT2D eigenvalue weighted by Gasteiger charge is -2.09. The summed E-state index contributed by atoms with van der Waals surface area (Å²) in [5.74, 6) is 0.716. The molecule has 1 aliphatic heterocycles. The van der Waals surface area contributed by atoms with Crippen LogP contribution < -0.4 is 0 Å². The van der Waals surface area contributed by atoms with Crippen LogP contribution in [0.3, 0.4) is 0 Å². The van der Waals surface area contributed by atoms with Crippen LogP contribution in [0.15, 0.2) is 12.1 Å². The van der Waals surface area contributed by atoms with Crippen molar-refractivity contribution in [2.24, 2.45) is 0 Å². The van der Waals surface area contributed by atoms with Crippen molar-refractivity contribution in [3.63, 3.8) is 0 Å². The normalized spacial score (nSPS) is 13.0. The lowest BCUT2D eigenvalue weighted by molar-refractivity contribution is 0.569. The zero-order valence-electron chi connectivity index (χ0n) is 9.11. The molecule has 0 aliphatic carbocycles. The van der Waals surface area contributed by atoms with E-state index in [4.69, 9.17) is 0 Å². The molecule has 0 unspecified atom stereocenters. The Hall–Kier alpha value is -1.78. The summed E-state index contributed by atoms with van der Waals surface area (Å²) in [5, 5.41) is 11.3. The minimum atomic E-state index is -0.125. The molecule has 82 valence electrons. The molecule has 2 heterocycles. The van der Waals surface area contributed by atoms with Gasteiger partial charge < -0.3 is 0 Å². The van der Waals surface area contributed by atoms with Crippen molar-refractivity contribution < 1.29 is 4.39 Å². The Morgan fingerprint density at radius 1 is 1.38 bits per heavy atom. The second-order valence-corrected chi connectivity index (χ2v) is 4.31. The average Bonchev–Trinajstić information content (AvgIpc) is 2.78. The molecular weight excluding hydrogens is 207 g/mol. The molecular formula is C11H11FN4. The van der Waals surface area contributed by atoms with Crippen LogP contribution in [-0.4, -0.2) is 20.2 Å². The van der Waals surface area contributed by atoms with Crippen molar-refractivity contribution in [2.75, 3.05) is 0 Å². The van der Waals surface area contributed by atoms with Gasteiger partial charge in [0.15, 0.2) is 5.82 Å². The van der Waals surface area contributed by atoms with E-state index in [0.29, 0.717) is 17.9 Å². The first-order valence-corrected chi connectivity index (χ1v) is 5.26. The smallest absolute Gasteiger partial charge is 0.182 e. The summed E-state index contributed by atoms with van der Waals surface area (Å²) >= 11 is 0. The number of aromatic nitrogens is 4. The van der Waals surface area contributed by atoms with E-state index in [9.17, 15) is 4.39 Å². The largest absolute Gasteiger partial charge is 0.221 e. The van der Waals surface area contributed by atoms with E-state index >= 15 is 0 Å². The number of fused-ring (bicyclic) bond motifs is 3. The Labute approximate surface area is 92.1 Å². The van der Waals surface area contributed by atoms with Gasteiger partial charge in [-0.3, -0.25) is 0 Å². The van der Waals surface area contributed by atoms with Crippen LogP contribution in [0.1, 0.15) is 30.9 Å². The first kappa shape index (κ1) is 9.45. The summed E-state index contributed by atoms with van der Waals surface area (Å²) in [5.41, 5.74) is 2.24. The number of hydrogen-bond donors (Lipinski definition) is 0. The second kappa shape index (κ2) is 3.10. The van der Waals surface area contributed by atoms with E-state index in [2.05, 4.69) is 15.5 Å². The molecule has 0 N–H and O–H groups in total. The monoisotopic (exact) mass is 218 g/mol. The fraction of sp³-hybridized carbons (Fsp3) is 0.364. The minimum absolute atomic E-state index is 0.125. The maximum Gasteiger partial charge on any atom is 0.182 e. The molecule has 0 amide bonds. The topological polar surface area (TPSA) is 43.6 Å². The molecule has 0 saturated carbocycles. The van der Waals surface area contributed by atoms with Crippen LogP contribution in [0.5, 0.6) is 0 Å². The van der Waals surface area contributed by atoms with Gasteiger partial charge in [0.2, 0.25) is 0 Å². The summed E-state index contributed by atoms with van der Waals surface area (Å²) in [6.07, 6.45) is 0. The number of benzene rings is 1. The minimum Gasteiger partial charge on any atom is -0.221 e. The average molecular weight is 218 g/mol. The second-order valence-electron chi connectivity index (χ2n) is 4.31. The van der Waals surface area contributed by atoms with Gasteiger partial charge in [-0.05, 0) is 21.9 Å². The molecule has 3 rings (SSSR count). The predicted molar refractivity (Wildman–Crippen MR) is 56.4 cm³/mol. The molecule has 0 atom stereocenters. The molecule has 4 nitrogen and oxygen atoms in total. The Bertz CT molecular complexity index is 559. The highest BCUT2D eigenvalue weighted by Crippen LogP contribution is 2.34. The Morgan fingerprint density at radius 2 is 2.19 bits per heavy atom. The number of nitrogens with zero attached hydrogens (tertiary/aromatic N) is 4. The van der Waals surface area contributed by atoms with E-state index in [-0.39, 0.29) is 11.7 Å². The third-order valence-corrected chi connectivity index (χ3v) is 2.98. The van der Waals surface area contributed by atoms with Gasteiger partial charge in [-0.2, -0.15) is 0 Å². The van der Waals surface area contributed by atoms with Gasteiger partial charge in [-0.1, -0.05) is 26.0 Å². The van der Waals surface area contributed by atoms with Crippen molar-refractivity contribution in [3.05, 3.63) is 29.1 Å². The molecule has 1 aromatic carbocycles. The molecule has 16 heavy (non-hydrogen) atoms. The number of hydrogen-bond acceptors (Lipinski definition) is 3. The quantitative estimate of drug-likeness (QED) is 0.627. The first-order chi connectivity index (χ1) is 7.68. The van der Waals surface area contributed by atoms with E-state index in [1.165, 1.54) is 0 Å². The van der Waals surface area contributed by atoms with Crippen molar-refractivity contribution in [1.82, 2.24) is 20.2 Å². The molecule has 0 saturated heterocycles. The third kappa shape index (κ3) is 1.11. The van der Waals surface area contributed by atoms with E-state index in [1.54, 1.807) is 4.68 Å². The van der Waals surface area contributed by atoms with Crippen LogP contribution in [0.25, 0.3) is 11.4 Å². The van der Waals surface area contributed by atoms with Gasteiger partial charge >= 0.3 is 0 Å². The Kier molecular flexibility index (Phi) is 1.83. The summed E-state index contributed by atoms with van der Waals surface area (Å²) < 4.78 is 15.8. The molecule has 1 aliphatic rings. The SMILES string of the molecule is CC(C)c1ccc2c(c1F)Cn1nnnc1-2. The van der Waals surface area contributed by atoms with Crippen LogP contribution in [-0.2, 0) is 6.54 Å². The Morgan fingerprint density at radius 3 is 2.94 bits per heavy atom. The number of halogens is 1. The van der Waals surface area contributed by atoms with Crippen molar-refractivity contribution in [2.45, 2.75) is 26.3 Å². The molecule has 0 bridgehead atoms. The summed E-state index contributed by atoms with van der Waals surface area (Å²) in [7, 11) is 0. The van der Waals surface area contributed by atoms with Crippen molar-refractivity contribution in [3.8, 4) is 11.4 Å². The van der Waals surface area contributed by atoms with E-state index < -0.39 is 0 Å². The first-order valence-electron chi connectivity index (χ1n) is 5.26. The Balaban J connectivity index is 2.21. The fourth-order valence-corrected chi connectivity index (χ4v) is 2.10. The van der Waals surface area contributed by atoms with Crippen LogP contribution in [0.4, 0.5) is 4.39 Å². The van der Waals surface area contributed by atoms with Crippen LogP contribution in [0, 0.1) is 5.82 Å². The number of tetrazole rings is 1. The van der Waals surface area contributed by atoms with Gasteiger partial charge in [0.05, 0.1) is 6.54 Å². The maximum absolute atomic E-state index is 14.2. The highest BCUT2D eigenvalue weighted by molar-refractivity contribution is 5.65. The van der Waals surface area contributed by atoms with Gasteiger partial charge in [-0.15, -0.1) is 5.10 Å². The summed E-state index contributed by atoms with van der Waals surface area (Å²) in [6.45, 7) is 4.40. The molecule has 1 aromatic heterocycles.